The highest BCUT2D eigenvalue weighted by atomic mass is 35.5. The van der Waals surface area contributed by atoms with Gasteiger partial charge in [0.25, 0.3) is 0 Å². The van der Waals surface area contributed by atoms with Gasteiger partial charge in [0.05, 0.1) is 12.8 Å². The number of hydrogen-bond donors (Lipinski definition) is 0. The van der Waals surface area contributed by atoms with Crippen molar-refractivity contribution in [3.8, 4) is 17.0 Å². The van der Waals surface area contributed by atoms with E-state index in [4.69, 9.17) is 25.9 Å². The maximum atomic E-state index is 12.2. The third-order valence-corrected chi connectivity index (χ3v) is 5.56. The van der Waals surface area contributed by atoms with Crippen LogP contribution in [0.5, 0.6) is 5.75 Å². The summed E-state index contributed by atoms with van der Waals surface area (Å²) in [7, 11) is 2.67. The summed E-state index contributed by atoms with van der Waals surface area (Å²) in [5.74, 6) is 0.777. The van der Waals surface area contributed by atoms with E-state index in [1.54, 1.807) is 10.6 Å². The van der Waals surface area contributed by atoms with Crippen LogP contribution in [0.1, 0.15) is 24.5 Å². The van der Waals surface area contributed by atoms with Crippen LogP contribution in [0.25, 0.3) is 17.0 Å². The number of methoxy groups -OCH3 is 1. The quantitative estimate of drug-likeness (QED) is 0.200. The van der Waals surface area contributed by atoms with E-state index in [0.29, 0.717) is 22.2 Å². The zero-order valence-corrected chi connectivity index (χ0v) is 19.8. The standard InChI is InChI=1S/C24H24ClN5O4/c1-4-13-29-21(22(25)30-24(29)26-15-27-30)16-9-11-18(12-10-16)34-14-17-7-5-6-8-19(17)20(28-33-3)23(31)32-2/h5-12,15H,4,13-14H2,1-3H3/b28-20-. The SMILES string of the molecule is CCCn1c(-c2ccc(OCc3ccccc3/C(=N/OC)C(=O)OC)cc2)c(Cl)n2ncnc12. The maximum absolute atomic E-state index is 12.2. The van der Waals surface area contributed by atoms with Gasteiger partial charge in [0.15, 0.2) is 10.9 Å². The molecule has 0 amide bonds. The number of rotatable bonds is 9. The maximum Gasteiger partial charge on any atom is 0.360 e. The Hall–Kier alpha value is -3.85. The van der Waals surface area contributed by atoms with E-state index >= 15 is 0 Å². The number of benzene rings is 2. The summed E-state index contributed by atoms with van der Waals surface area (Å²) in [5.41, 5.74) is 3.20. The molecule has 10 heteroatoms. The summed E-state index contributed by atoms with van der Waals surface area (Å²) < 4.78 is 14.5. The van der Waals surface area contributed by atoms with E-state index in [-0.39, 0.29) is 12.3 Å². The molecule has 0 bridgehead atoms. The number of carbonyl (C=O) groups is 1. The number of hydrogen-bond acceptors (Lipinski definition) is 7. The Morgan fingerprint density at radius 3 is 2.59 bits per heavy atom. The zero-order chi connectivity index (χ0) is 24.1. The Kier molecular flexibility index (Phi) is 7.12. The summed E-state index contributed by atoms with van der Waals surface area (Å²) >= 11 is 6.61. The molecule has 0 unspecified atom stereocenters. The fourth-order valence-electron chi connectivity index (χ4n) is 3.71. The van der Waals surface area contributed by atoms with Gasteiger partial charge in [-0.2, -0.15) is 14.6 Å². The molecule has 2 aromatic carbocycles. The second kappa shape index (κ2) is 10.4. The zero-order valence-electron chi connectivity index (χ0n) is 19.1. The number of nitrogens with zero attached hydrogens (tertiary/aromatic N) is 5. The van der Waals surface area contributed by atoms with Gasteiger partial charge in [0, 0.05) is 17.7 Å². The van der Waals surface area contributed by atoms with E-state index in [1.165, 1.54) is 20.5 Å². The van der Waals surface area contributed by atoms with Gasteiger partial charge < -0.3 is 18.9 Å². The van der Waals surface area contributed by atoms with Crippen LogP contribution in [0, 0.1) is 0 Å². The Bertz CT molecular complexity index is 1330. The molecule has 4 rings (SSSR count). The van der Waals surface area contributed by atoms with Crippen molar-refractivity contribution in [3.05, 3.63) is 71.1 Å². The predicted octanol–water partition coefficient (Wildman–Crippen LogP) is 4.36. The third kappa shape index (κ3) is 4.47. The number of halogens is 1. The van der Waals surface area contributed by atoms with Crippen LogP contribution in [0.3, 0.4) is 0 Å². The monoisotopic (exact) mass is 481 g/mol. The smallest absolute Gasteiger partial charge is 0.360 e. The van der Waals surface area contributed by atoms with Crippen LogP contribution in [0.15, 0.2) is 60.0 Å². The second-order valence-electron chi connectivity index (χ2n) is 7.35. The van der Waals surface area contributed by atoms with Crippen LogP contribution in [0.2, 0.25) is 5.15 Å². The summed E-state index contributed by atoms with van der Waals surface area (Å²) in [5, 5.41) is 8.56. The molecule has 2 aromatic heterocycles. The molecular formula is C24H24ClN5O4. The van der Waals surface area contributed by atoms with Gasteiger partial charge in [-0.3, -0.25) is 0 Å². The second-order valence-corrected chi connectivity index (χ2v) is 7.71. The molecule has 0 radical (unpaired) electrons. The molecule has 0 fully saturated rings. The number of aryl methyl sites for hydroxylation is 1. The number of aromatic nitrogens is 4. The molecule has 4 aromatic rings. The molecule has 0 saturated carbocycles. The Labute approximate surface area is 201 Å². The Balaban J connectivity index is 1.57. The van der Waals surface area contributed by atoms with Crippen molar-refractivity contribution in [1.29, 1.82) is 0 Å². The molecule has 0 saturated heterocycles. The van der Waals surface area contributed by atoms with Gasteiger partial charge in [0.1, 0.15) is 25.8 Å². The normalized spacial score (nSPS) is 11.6. The first kappa shape index (κ1) is 23.3. The Morgan fingerprint density at radius 1 is 1.12 bits per heavy atom. The number of oxime groups is 1. The van der Waals surface area contributed by atoms with Gasteiger partial charge in [0.2, 0.25) is 5.78 Å². The van der Waals surface area contributed by atoms with Crippen molar-refractivity contribution in [2.75, 3.05) is 14.2 Å². The molecule has 2 heterocycles. The number of esters is 1. The molecule has 0 aliphatic carbocycles. The van der Waals surface area contributed by atoms with Crippen molar-refractivity contribution in [3.63, 3.8) is 0 Å². The average Bonchev–Trinajstić information content (AvgIpc) is 3.44. The summed E-state index contributed by atoms with van der Waals surface area (Å²) in [4.78, 5) is 21.3. The summed E-state index contributed by atoms with van der Waals surface area (Å²) in [6.45, 7) is 3.09. The van der Waals surface area contributed by atoms with Crippen molar-refractivity contribution >= 4 is 29.1 Å². The minimum atomic E-state index is -0.591. The van der Waals surface area contributed by atoms with Crippen molar-refractivity contribution in [2.45, 2.75) is 26.5 Å². The van der Waals surface area contributed by atoms with E-state index in [2.05, 4.69) is 26.7 Å². The van der Waals surface area contributed by atoms with E-state index in [9.17, 15) is 4.79 Å². The van der Waals surface area contributed by atoms with Gasteiger partial charge >= 0.3 is 5.97 Å². The molecule has 9 nitrogen and oxygen atoms in total. The highest BCUT2D eigenvalue weighted by Gasteiger charge is 2.20. The Morgan fingerprint density at radius 2 is 1.88 bits per heavy atom. The first-order chi connectivity index (χ1) is 16.6. The molecular weight excluding hydrogens is 458 g/mol. The van der Waals surface area contributed by atoms with Crippen molar-refractivity contribution in [1.82, 2.24) is 19.2 Å². The first-order valence-corrected chi connectivity index (χ1v) is 11.1. The van der Waals surface area contributed by atoms with E-state index < -0.39 is 5.97 Å². The molecule has 0 aliphatic rings. The molecule has 0 aliphatic heterocycles. The topological polar surface area (TPSA) is 92.2 Å². The molecule has 0 atom stereocenters. The number of carbonyl (C=O) groups excluding carboxylic acids is 1. The predicted molar refractivity (Wildman–Crippen MR) is 128 cm³/mol. The fraction of sp³-hybridized carbons (Fsp3) is 0.250. The molecule has 0 N–H and O–H groups in total. The molecule has 0 spiro atoms. The lowest BCUT2D eigenvalue weighted by molar-refractivity contribution is -0.132. The van der Waals surface area contributed by atoms with Crippen LogP contribution in [-0.4, -0.2) is 45.1 Å². The number of imidazole rings is 1. The van der Waals surface area contributed by atoms with Crippen LogP contribution < -0.4 is 4.74 Å². The lowest BCUT2D eigenvalue weighted by atomic mass is 10.0. The van der Waals surface area contributed by atoms with Gasteiger partial charge in [-0.05, 0) is 36.2 Å². The number of ether oxygens (including phenoxy) is 2. The van der Waals surface area contributed by atoms with E-state index in [1.807, 2.05) is 42.5 Å². The third-order valence-electron chi connectivity index (χ3n) is 5.23. The van der Waals surface area contributed by atoms with Crippen LogP contribution in [0.4, 0.5) is 0 Å². The minimum Gasteiger partial charge on any atom is -0.489 e. The van der Waals surface area contributed by atoms with Crippen molar-refractivity contribution in [2.24, 2.45) is 5.16 Å². The summed E-state index contributed by atoms with van der Waals surface area (Å²) in [6, 6.07) is 14.9. The summed E-state index contributed by atoms with van der Waals surface area (Å²) in [6.07, 6.45) is 2.43. The lowest BCUT2D eigenvalue weighted by Gasteiger charge is -2.12. The van der Waals surface area contributed by atoms with E-state index in [0.717, 1.165) is 29.8 Å². The van der Waals surface area contributed by atoms with Crippen LogP contribution in [-0.2, 0) is 27.5 Å². The minimum absolute atomic E-state index is 0.0736. The molecule has 34 heavy (non-hydrogen) atoms. The van der Waals surface area contributed by atoms with Gasteiger partial charge in [-0.25, -0.2) is 4.79 Å². The highest BCUT2D eigenvalue weighted by molar-refractivity contribution is 6.43. The average molecular weight is 482 g/mol. The largest absolute Gasteiger partial charge is 0.489 e. The number of fused-ring (bicyclic) bond motifs is 1. The van der Waals surface area contributed by atoms with Crippen LogP contribution >= 0.6 is 11.6 Å². The van der Waals surface area contributed by atoms with Crippen molar-refractivity contribution < 1.29 is 19.1 Å². The lowest BCUT2D eigenvalue weighted by Crippen LogP contribution is -2.19. The fourth-order valence-corrected chi connectivity index (χ4v) is 4.04. The first-order valence-electron chi connectivity index (χ1n) is 10.7. The highest BCUT2D eigenvalue weighted by Crippen LogP contribution is 2.32. The molecule has 176 valence electrons. The van der Waals surface area contributed by atoms with Gasteiger partial charge in [-0.15, -0.1) is 0 Å². The van der Waals surface area contributed by atoms with Gasteiger partial charge in [-0.1, -0.05) is 47.9 Å².